The van der Waals surface area contributed by atoms with Gasteiger partial charge in [-0.05, 0) is 61.4 Å². The summed E-state index contributed by atoms with van der Waals surface area (Å²) < 4.78 is 15.7. The minimum absolute atomic E-state index is 0.206. The Morgan fingerprint density at radius 3 is 1.73 bits per heavy atom. The van der Waals surface area contributed by atoms with Crippen LogP contribution in [0.4, 0.5) is 0 Å². The second-order valence-corrected chi connectivity index (χ2v) is 5.67. The summed E-state index contributed by atoms with van der Waals surface area (Å²) in [5, 5.41) is 0. The number of hydrogen-bond acceptors (Lipinski definition) is 5. The minimum atomic E-state index is -0.486. The van der Waals surface area contributed by atoms with Gasteiger partial charge in [-0.2, -0.15) is 0 Å². The molecule has 0 fully saturated rings. The molecule has 7 heteroatoms. The maximum Gasteiger partial charge on any atom is 0.276 e. The number of hydrazine groups is 1. The summed E-state index contributed by atoms with van der Waals surface area (Å²) in [5.41, 5.74) is 6.63. The average molecular weight is 358 g/mol. The molecule has 7 nitrogen and oxygen atoms in total. The third-order valence-electron chi connectivity index (χ3n) is 3.34. The fraction of sp³-hybridized carbons (Fsp3) is 0.263. The van der Waals surface area contributed by atoms with Gasteiger partial charge in [-0.1, -0.05) is 6.07 Å². The van der Waals surface area contributed by atoms with Crippen LogP contribution < -0.4 is 25.1 Å². The highest BCUT2D eigenvalue weighted by Gasteiger charge is 2.07. The number of ether oxygens (including phenoxy) is 3. The van der Waals surface area contributed by atoms with Crippen molar-refractivity contribution in [2.45, 2.75) is 13.8 Å². The first-order valence-corrected chi connectivity index (χ1v) is 8.02. The van der Waals surface area contributed by atoms with Crippen LogP contribution in [0, 0.1) is 13.8 Å². The molecular weight excluding hydrogens is 336 g/mol. The lowest BCUT2D eigenvalue weighted by Gasteiger charge is -2.10. The monoisotopic (exact) mass is 358 g/mol. The van der Waals surface area contributed by atoms with Gasteiger partial charge in [-0.25, -0.2) is 0 Å². The molecule has 0 aliphatic carbocycles. The SMILES string of the molecule is COc1ccc(OCC(=O)NNC(=O)COc2cc(C)cc(C)c2)cc1. The van der Waals surface area contributed by atoms with Gasteiger partial charge in [-0.3, -0.25) is 20.4 Å². The Morgan fingerprint density at radius 2 is 1.23 bits per heavy atom. The fourth-order valence-corrected chi connectivity index (χ4v) is 2.20. The standard InChI is InChI=1S/C19H22N2O5/c1-13-8-14(2)10-17(9-13)26-12-19(23)21-20-18(22)11-25-16-6-4-15(24-3)5-7-16/h4-10H,11-12H2,1-3H3,(H,20,22)(H,21,23). The predicted octanol–water partition coefficient (Wildman–Crippen LogP) is 1.92. The van der Waals surface area contributed by atoms with Crippen LogP contribution >= 0.6 is 0 Å². The number of aryl methyl sites for hydroxylation is 2. The van der Waals surface area contributed by atoms with Gasteiger partial charge in [-0.15, -0.1) is 0 Å². The van der Waals surface area contributed by atoms with Crippen molar-refractivity contribution < 1.29 is 23.8 Å². The molecule has 0 saturated heterocycles. The van der Waals surface area contributed by atoms with E-state index in [1.165, 1.54) is 0 Å². The van der Waals surface area contributed by atoms with Crippen molar-refractivity contribution in [1.82, 2.24) is 10.9 Å². The first-order valence-electron chi connectivity index (χ1n) is 8.02. The van der Waals surface area contributed by atoms with Gasteiger partial charge in [0.2, 0.25) is 0 Å². The molecule has 0 radical (unpaired) electrons. The number of rotatable bonds is 7. The lowest BCUT2D eigenvalue weighted by molar-refractivity contribution is -0.131. The molecule has 2 N–H and O–H groups in total. The summed E-state index contributed by atoms with van der Waals surface area (Å²) in [6.07, 6.45) is 0. The molecule has 0 spiro atoms. The Labute approximate surface area is 152 Å². The molecular formula is C19H22N2O5. The van der Waals surface area contributed by atoms with E-state index in [0.29, 0.717) is 17.2 Å². The van der Waals surface area contributed by atoms with Crippen molar-refractivity contribution in [3.05, 3.63) is 53.6 Å². The summed E-state index contributed by atoms with van der Waals surface area (Å²) in [5.74, 6) is 0.859. The lowest BCUT2D eigenvalue weighted by Crippen LogP contribution is -2.45. The van der Waals surface area contributed by atoms with E-state index >= 15 is 0 Å². The van der Waals surface area contributed by atoms with Crippen molar-refractivity contribution in [2.75, 3.05) is 20.3 Å². The van der Waals surface area contributed by atoms with Crippen LogP contribution in [0.25, 0.3) is 0 Å². The van der Waals surface area contributed by atoms with Gasteiger partial charge in [0.15, 0.2) is 13.2 Å². The highest BCUT2D eigenvalue weighted by Crippen LogP contribution is 2.17. The van der Waals surface area contributed by atoms with E-state index in [1.807, 2.05) is 32.0 Å². The van der Waals surface area contributed by atoms with Crippen LogP contribution in [-0.2, 0) is 9.59 Å². The van der Waals surface area contributed by atoms with Crippen molar-refractivity contribution in [2.24, 2.45) is 0 Å². The summed E-state index contributed by atoms with van der Waals surface area (Å²) in [7, 11) is 1.57. The van der Waals surface area contributed by atoms with E-state index < -0.39 is 11.8 Å². The molecule has 0 aliphatic heterocycles. The van der Waals surface area contributed by atoms with Crippen LogP contribution in [-0.4, -0.2) is 32.1 Å². The second-order valence-electron chi connectivity index (χ2n) is 5.67. The minimum Gasteiger partial charge on any atom is -0.497 e. The van der Waals surface area contributed by atoms with Crippen molar-refractivity contribution in [1.29, 1.82) is 0 Å². The third-order valence-corrected chi connectivity index (χ3v) is 3.34. The number of methoxy groups -OCH3 is 1. The largest absolute Gasteiger partial charge is 0.497 e. The molecule has 26 heavy (non-hydrogen) atoms. The van der Waals surface area contributed by atoms with Crippen LogP contribution in [0.5, 0.6) is 17.2 Å². The van der Waals surface area contributed by atoms with E-state index in [4.69, 9.17) is 14.2 Å². The van der Waals surface area contributed by atoms with E-state index in [9.17, 15) is 9.59 Å². The Balaban J connectivity index is 1.68. The molecule has 2 amide bonds. The molecule has 0 atom stereocenters. The smallest absolute Gasteiger partial charge is 0.276 e. The first kappa shape index (κ1) is 19.1. The Morgan fingerprint density at radius 1 is 0.769 bits per heavy atom. The lowest BCUT2D eigenvalue weighted by atomic mass is 10.1. The van der Waals surface area contributed by atoms with Crippen molar-refractivity contribution in [3.63, 3.8) is 0 Å². The van der Waals surface area contributed by atoms with Crippen LogP contribution in [0.1, 0.15) is 11.1 Å². The first-order chi connectivity index (χ1) is 12.5. The number of amides is 2. The van der Waals surface area contributed by atoms with Crippen molar-refractivity contribution >= 4 is 11.8 Å². The van der Waals surface area contributed by atoms with Crippen LogP contribution in [0.2, 0.25) is 0 Å². The molecule has 0 aliphatic rings. The summed E-state index contributed by atoms with van der Waals surface area (Å²) >= 11 is 0. The quantitative estimate of drug-likeness (QED) is 0.739. The predicted molar refractivity (Wildman–Crippen MR) is 96.2 cm³/mol. The molecule has 138 valence electrons. The van der Waals surface area contributed by atoms with Gasteiger partial charge >= 0.3 is 0 Å². The van der Waals surface area contributed by atoms with Gasteiger partial charge in [0, 0.05) is 0 Å². The molecule has 0 bridgehead atoms. The zero-order chi connectivity index (χ0) is 18.9. The van der Waals surface area contributed by atoms with Crippen LogP contribution in [0.15, 0.2) is 42.5 Å². The van der Waals surface area contributed by atoms with Crippen molar-refractivity contribution in [3.8, 4) is 17.2 Å². The second kappa shape index (κ2) is 9.31. The van der Waals surface area contributed by atoms with Gasteiger partial charge in [0.1, 0.15) is 17.2 Å². The maximum absolute atomic E-state index is 11.7. The Hall–Kier alpha value is -3.22. The van der Waals surface area contributed by atoms with E-state index in [0.717, 1.165) is 11.1 Å². The normalized spacial score (nSPS) is 9.96. The maximum atomic E-state index is 11.7. The number of benzene rings is 2. The number of carbonyl (C=O) groups is 2. The summed E-state index contributed by atoms with van der Waals surface area (Å²) in [6, 6.07) is 12.5. The summed E-state index contributed by atoms with van der Waals surface area (Å²) in [4.78, 5) is 23.4. The molecule has 0 saturated carbocycles. The Bertz CT molecular complexity index is 739. The molecule has 2 aromatic rings. The zero-order valence-electron chi connectivity index (χ0n) is 15.0. The van der Waals surface area contributed by atoms with E-state index in [-0.39, 0.29) is 13.2 Å². The third kappa shape index (κ3) is 6.35. The molecule has 2 rings (SSSR count). The van der Waals surface area contributed by atoms with E-state index in [2.05, 4.69) is 10.9 Å². The Kier molecular flexibility index (Phi) is 6.84. The number of carbonyl (C=O) groups excluding carboxylic acids is 2. The molecule has 0 aromatic heterocycles. The molecule has 2 aromatic carbocycles. The average Bonchev–Trinajstić information content (AvgIpc) is 2.62. The van der Waals surface area contributed by atoms with Gasteiger partial charge < -0.3 is 14.2 Å². The zero-order valence-corrected chi connectivity index (χ0v) is 15.0. The molecule has 0 heterocycles. The summed E-state index contributed by atoms with van der Waals surface area (Å²) in [6.45, 7) is 3.46. The number of nitrogens with one attached hydrogen (secondary N) is 2. The highest BCUT2D eigenvalue weighted by molar-refractivity contribution is 5.83. The molecule has 0 unspecified atom stereocenters. The topological polar surface area (TPSA) is 85.9 Å². The van der Waals surface area contributed by atoms with Crippen LogP contribution in [0.3, 0.4) is 0 Å². The van der Waals surface area contributed by atoms with Gasteiger partial charge in [0.05, 0.1) is 7.11 Å². The fourth-order valence-electron chi connectivity index (χ4n) is 2.20. The van der Waals surface area contributed by atoms with Gasteiger partial charge in [0.25, 0.3) is 11.8 Å². The van der Waals surface area contributed by atoms with E-state index in [1.54, 1.807) is 31.4 Å². The number of hydrogen-bond donors (Lipinski definition) is 2. The highest BCUT2D eigenvalue weighted by atomic mass is 16.5.